The summed E-state index contributed by atoms with van der Waals surface area (Å²) in [6.07, 6.45) is 2.74. The zero-order valence-corrected chi connectivity index (χ0v) is 15.2. The maximum absolute atomic E-state index is 12.5. The second-order valence-corrected chi connectivity index (χ2v) is 7.61. The fourth-order valence-electron chi connectivity index (χ4n) is 2.05. The number of methoxy groups -OCH3 is 1. The summed E-state index contributed by atoms with van der Waals surface area (Å²) in [6.45, 7) is 0. The van der Waals surface area contributed by atoms with Gasteiger partial charge in [-0.15, -0.1) is 11.3 Å². The third-order valence-electron chi connectivity index (χ3n) is 3.26. The Morgan fingerprint density at radius 3 is 2.50 bits per heavy atom. The summed E-state index contributed by atoms with van der Waals surface area (Å²) in [5.41, 5.74) is 0.486. The minimum atomic E-state index is -3.88. The van der Waals surface area contributed by atoms with Crippen LogP contribution >= 0.6 is 11.3 Å². The predicted molar refractivity (Wildman–Crippen MR) is 98.1 cm³/mol. The van der Waals surface area contributed by atoms with Gasteiger partial charge >= 0.3 is 0 Å². The third kappa shape index (κ3) is 3.98. The zero-order valence-electron chi connectivity index (χ0n) is 13.5. The van der Waals surface area contributed by atoms with Crippen LogP contribution in [0.2, 0.25) is 0 Å². The number of hydrogen-bond acceptors (Lipinski definition) is 7. The van der Waals surface area contributed by atoms with Crippen LogP contribution in [-0.2, 0) is 10.0 Å². The minimum absolute atomic E-state index is 0.00919. The number of nitrogens with zero attached hydrogens (tertiary/aromatic N) is 2. The van der Waals surface area contributed by atoms with Crippen molar-refractivity contribution in [3.05, 3.63) is 59.0 Å². The molecule has 2 aromatic heterocycles. The molecule has 0 aliphatic carbocycles. The summed E-state index contributed by atoms with van der Waals surface area (Å²) >= 11 is 1.32. The molecule has 10 heteroatoms. The van der Waals surface area contributed by atoms with Crippen LogP contribution in [0.1, 0.15) is 9.67 Å². The summed E-state index contributed by atoms with van der Waals surface area (Å²) in [4.78, 5) is 20.4. The van der Waals surface area contributed by atoms with Gasteiger partial charge in [-0.05, 0) is 35.7 Å². The Morgan fingerprint density at radius 2 is 1.85 bits per heavy atom. The third-order valence-corrected chi connectivity index (χ3v) is 5.48. The van der Waals surface area contributed by atoms with Gasteiger partial charge in [0.15, 0.2) is 0 Å². The molecule has 0 radical (unpaired) electrons. The number of benzene rings is 1. The first-order chi connectivity index (χ1) is 12.5. The fourth-order valence-corrected chi connectivity index (χ4v) is 3.67. The van der Waals surface area contributed by atoms with Crippen molar-refractivity contribution in [2.75, 3.05) is 17.1 Å². The number of rotatable bonds is 6. The molecule has 0 aliphatic heterocycles. The summed E-state index contributed by atoms with van der Waals surface area (Å²) in [6, 6.07) is 9.27. The highest BCUT2D eigenvalue weighted by molar-refractivity contribution is 7.92. The van der Waals surface area contributed by atoms with Crippen LogP contribution < -0.4 is 14.8 Å². The van der Waals surface area contributed by atoms with Crippen LogP contribution in [0.15, 0.2) is 59.1 Å². The highest BCUT2D eigenvalue weighted by atomic mass is 32.2. The van der Waals surface area contributed by atoms with Crippen molar-refractivity contribution >= 4 is 38.8 Å². The van der Waals surface area contributed by atoms with Crippen molar-refractivity contribution in [2.24, 2.45) is 0 Å². The molecule has 0 saturated heterocycles. The maximum atomic E-state index is 12.5. The van der Waals surface area contributed by atoms with E-state index in [1.807, 2.05) is 0 Å². The van der Waals surface area contributed by atoms with Gasteiger partial charge in [0.05, 0.1) is 16.9 Å². The van der Waals surface area contributed by atoms with Crippen molar-refractivity contribution in [3.63, 3.8) is 0 Å². The largest absolute Gasteiger partial charge is 0.478 e. The number of hydrogen-bond donors (Lipinski definition) is 2. The van der Waals surface area contributed by atoms with E-state index in [9.17, 15) is 13.2 Å². The monoisotopic (exact) mass is 390 g/mol. The van der Waals surface area contributed by atoms with Crippen LogP contribution in [0.5, 0.6) is 5.88 Å². The average molecular weight is 390 g/mol. The first-order valence-corrected chi connectivity index (χ1v) is 9.68. The van der Waals surface area contributed by atoms with Gasteiger partial charge < -0.3 is 10.1 Å². The van der Waals surface area contributed by atoms with Gasteiger partial charge in [0.25, 0.3) is 21.8 Å². The number of nitrogens with one attached hydrogen (secondary N) is 2. The second-order valence-electron chi connectivity index (χ2n) is 4.98. The Labute approximate surface area is 153 Å². The Kier molecular flexibility index (Phi) is 5.14. The average Bonchev–Trinajstić information content (AvgIpc) is 3.17. The summed E-state index contributed by atoms with van der Waals surface area (Å²) in [5.74, 6) is -0.195. The van der Waals surface area contributed by atoms with E-state index < -0.39 is 10.0 Å². The molecule has 26 heavy (non-hydrogen) atoms. The molecule has 1 aromatic carbocycles. The van der Waals surface area contributed by atoms with Crippen LogP contribution in [0.4, 0.5) is 11.5 Å². The van der Waals surface area contributed by atoms with Crippen LogP contribution in [0.25, 0.3) is 0 Å². The lowest BCUT2D eigenvalue weighted by molar-refractivity contribution is 0.103. The molecule has 3 aromatic rings. The van der Waals surface area contributed by atoms with Crippen molar-refractivity contribution in [2.45, 2.75) is 4.90 Å². The van der Waals surface area contributed by atoms with Crippen molar-refractivity contribution in [3.8, 4) is 5.88 Å². The van der Waals surface area contributed by atoms with Gasteiger partial charge in [0.2, 0.25) is 5.82 Å². The first-order valence-electron chi connectivity index (χ1n) is 7.32. The van der Waals surface area contributed by atoms with E-state index in [0.29, 0.717) is 10.6 Å². The number of amides is 1. The van der Waals surface area contributed by atoms with E-state index in [1.165, 1.54) is 55.1 Å². The number of anilines is 2. The van der Waals surface area contributed by atoms with E-state index in [4.69, 9.17) is 4.74 Å². The van der Waals surface area contributed by atoms with Crippen LogP contribution in [-0.4, -0.2) is 31.4 Å². The number of carbonyl (C=O) groups excluding carboxylic acids is 1. The standard InChI is InChI=1S/C16H14N4O4S2/c1-24-16-14(17-8-9-18-16)20-26(22,23)12-6-4-11(5-7-12)19-15(21)13-3-2-10-25-13/h2-10H,1H3,(H,17,20)(H,19,21). The Hall–Kier alpha value is -2.98. The van der Waals surface area contributed by atoms with Crippen molar-refractivity contribution in [1.29, 1.82) is 0 Å². The molecular formula is C16H14N4O4S2. The van der Waals surface area contributed by atoms with Gasteiger partial charge in [-0.2, -0.15) is 0 Å². The zero-order chi connectivity index (χ0) is 18.6. The molecule has 8 nitrogen and oxygen atoms in total. The molecule has 3 rings (SSSR count). The topological polar surface area (TPSA) is 110 Å². The highest BCUT2D eigenvalue weighted by Crippen LogP contribution is 2.22. The number of carbonyl (C=O) groups is 1. The molecule has 0 unspecified atom stereocenters. The Bertz CT molecular complexity index is 1000. The first kappa shape index (κ1) is 17.8. The molecule has 2 heterocycles. The molecule has 0 bridgehead atoms. The number of sulfonamides is 1. The molecule has 0 atom stereocenters. The molecule has 134 valence electrons. The minimum Gasteiger partial charge on any atom is -0.478 e. The number of ether oxygens (including phenoxy) is 1. The molecule has 1 amide bonds. The molecule has 0 fully saturated rings. The Balaban J connectivity index is 1.75. The normalized spacial score (nSPS) is 11.0. The van der Waals surface area contributed by atoms with Gasteiger partial charge in [-0.25, -0.2) is 18.4 Å². The molecular weight excluding hydrogens is 376 g/mol. The van der Waals surface area contributed by atoms with Gasteiger partial charge in [-0.1, -0.05) is 6.07 Å². The smallest absolute Gasteiger partial charge is 0.265 e. The van der Waals surface area contributed by atoms with Crippen LogP contribution in [0.3, 0.4) is 0 Å². The highest BCUT2D eigenvalue weighted by Gasteiger charge is 2.18. The van der Waals surface area contributed by atoms with E-state index in [1.54, 1.807) is 17.5 Å². The number of aromatic nitrogens is 2. The van der Waals surface area contributed by atoms with Gasteiger partial charge in [0, 0.05) is 18.1 Å². The molecule has 0 spiro atoms. The van der Waals surface area contributed by atoms with Crippen molar-refractivity contribution < 1.29 is 17.9 Å². The second kappa shape index (κ2) is 7.50. The van der Waals surface area contributed by atoms with Gasteiger partial charge in [-0.3, -0.25) is 9.52 Å². The quantitative estimate of drug-likeness (QED) is 0.669. The van der Waals surface area contributed by atoms with E-state index >= 15 is 0 Å². The maximum Gasteiger partial charge on any atom is 0.265 e. The lowest BCUT2D eigenvalue weighted by Crippen LogP contribution is -2.15. The van der Waals surface area contributed by atoms with E-state index in [0.717, 1.165) is 0 Å². The summed E-state index contributed by atoms with van der Waals surface area (Å²) in [7, 11) is -2.51. The number of thiophene rings is 1. The SMILES string of the molecule is COc1nccnc1NS(=O)(=O)c1ccc(NC(=O)c2cccs2)cc1. The molecule has 0 saturated carbocycles. The van der Waals surface area contributed by atoms with Crippen molar-refractivity contribution in [1.82, 2.24) is 9.97 Å². The van der Waals surface area contributed by atoms with Crippen LogP contribution in [0, 0.1) is 0 Å². The Morgan fingerprint density at radius 1 is 1.12 bits per heavy atom. The van der Waals surface area contributed by atoms with E-state index in [2.05, 4.69) is 20.0 Å². The predicted octanol–water partition coefficient (Wildman–Crippen LogP) is 2.60. The van der Waals surface area contributed by atoms with Gasteiger partial charge in [0.1, 0.15) is 0 Å². The lowest BCUT2D eigenvalue weighted by atomic mass is 10.3. The summed E-state index contributed by atoms with van der Waals surface area (Å²) < 4.78 is 32.2. The lowest BCUT2D eigenvalue weighted by Gasteiger charge is -2.10. The summed E-state index contributed by atoms with van der Waals surface area (Å²) in [5, 5.41) is 4.51. The molecule has 0 aliphatic rings. The van der Waals surface area contributed by atoms with E-state index in [-0.39, 0.29) is 22.5 Å². The molecule has 2 N–H and O–H groups in total. The fraction of sp³-hybridized carbons (Fsp3) is 0.0625.